The Bertz CT molecular complexity index is 635. The topological polar surface area (TPSA) is 52.3 Å². The number of ether oxygens (including phenoxy) is 1. The van der Waals surface area contributed by atoms with E-state index in [2.05, 4.69) is 12.1 Å². The number of rotatable bonds is 5. The van der Waals surface area contributed by atoms with Crippen molar-refractivity contribution in [3.05, 3.63) is 65.2 Å². The summed E-state index contributed by atoms with van der Waals surface area (Å²) in [6.45, 7) is 0.477. The highest BCUT2D eigenvalue weighted by Gasteiger charge is 2.17. The molecule has 3 nitrogen and oxygen atoms in total. The first-order chi connectivity index (χ1) is 10.7. The predicted molar refractivity (Wildman–Crippen MR) is 93.4 cm³/mol. The second kappa shape index (κ2) is 7.11. The van der Waals surface area contributed by atoms with Crippen LogP contribution < -0.4 is 10.5 Å². The molecule has 0 bridgehead atoms. The summed E-state index contributed by atoms with van der Waals surface area (Å²) in [5, 5.41) is 0. The van der Waals surface area contributed by atoms with Gasteiger partial charge in [-0.25, -0.2) is 0 Å². The molecule has 0 unspecified atom stereocenters. The summed E-state index contributed by atoms with van der Waals surface area (Å²) in [5.74, 6) is 2.91. The minimum atomic E-state index is -0.411. The zero-order valence-electron chi connectivity index (χ0n) is 12.0. The number of hydrogen-bond donors (Lipinski definition) is 1. The maximum atomic E-state index is 11.0. The van der Waals surface area contributed by atoms with Crippen LogP contribution in [0.25, 0.3) is 0 Å². The van der Waals surface area contributed by atoms with Gasteiger partial charge in [0.1, 0.15) is 12.4 Å². The molecule has 1 amide bonds. The summed E-state index contributed by atoms with van der Waals surface area (Å²) < 4.78 is 6.35. The third-order valence-electron chi connectivity index (χ3n) is 3.42. The van der Waals surface area contributed by atoms with E-state index < -0.39 is 5.91 Å². The van der Waals surface area contributed by atoms with Gasteiger partial charge in [0.2, 0.25) is 5.91 Å². The van der Waals surface area contributed by atoms with Crippen molar-refractivity contribution in [3.63, 3.8) is 0 Å². The summed E-state index contributed by atoms with van der Waals surface area (Å²) in [5.41, 5.74) is 8.10. The van der Waals surface area contributed by atoms with E-state index in [0.29, 0.717) is 16.8 Å². The van der Waals surface area contributed by atoms with E-state index in [-0.39, 0.29) is 0 Å². The summed E-state index contributed by atoms with van der Waals surface area (Å²) in [4.78, 5) is 11.0. The highest BCUT2D eigenvalue weighted by atomic mass is 32.2. The lowest BCUT2D eigenvalue weighted by Gasteiger charge is -2.10. The van der Waals surface area contributed by atoms with E-state index in [4.69, 9.17) is 10.5 Å². The van der Waals surface area contributed by atoms with Gasteiger partial charge in [-0.2, -0.15) is 0 Å². The zero-order chi connectivity index (χ0) is 15.4. The largest absolute Gasteiger partial charge is 0.489 e. The highest BCUT2D eigenvalue weighted by molar-refractivity contribution is 8.19. The van der Waals surface area contributed by atoms with Crippen LogP contribution in [-0.4, -0.2) is 17.4 Å². The van der Waals surface area contributed by atoms with Crippen LogP contribution in [0.2, 0.25) is 0 Å². The molecular weight excluding hydrogens is 314 g/mol. The second-order valence-corrected chi connectivity index (χ2v) is 7.72. The van der Waals surface area contributed by atoms with Gasteiger partial charge in [0, 0.05) is 17.1 Å². The first kappa shape index (κ1) is 15.3. The molecule has 0 atom stereocenters. The Balaban J connectivity index is 1.57. The number of primary amides is 1. The normalized spacial score (nSPS) is 14.9. The first-order valence-electron chi connectivity index (χ1n) is 7.07. The molecule has 0 radical (unpaired) electrons. The van der Waals surface area contributed by atoms with Gasteiger partial charge in [-0.05, 0) is 35.4 Å². The molecule has 0 spiro atoms. The molecule has 5 heteroatoms. The number of benzene rings is 2. The van der Waals surface area contributed by atoms with Gasteiger partial charge in [0.15, 0.2) is 0 Å². The van der Waals surface area contributed by atoms with E-state index in [9.17, 15) is 4.79 Å². The maximum absolute atomic E-state index is 11.0. The highest BCUT2D eigenvalue weighted by Crippen LogP contribution is 2.45. The Hall–Kier alpha value is -1.59. The van der Waals surface area contributed by atoms with Gasteiger partial charge < -0.3 is 10.5 Å². The predicted octanol–water partition coefficient (Wildman–Crippen LogP) is 3.84. The maximum Gasteiger partial charge on any atom is 0.248 e. The van der Waals surface area contributed by atoms with Gasteiger partial charge in [0.05, 0.1) is 4.58 Å². The molecule has 2 N–H and O–H groups in total. The minimum absolute atomic E-state index is 0.411. The molecule has 22 heavy (non-hydrogen) atoms. The summed E-state index contributed by atoms with van der Waals surface area (Å²) in [6, 6.07) is 15.5. The fourth-order valence-corrected chi connectivity index (χ4v) is 5.06. The fourth-order valence-electron chi connectivity index (χ4n) is 2.20. The van der Waals surface area contributed by atoms with Gasteiger partial charge >= 0.3 is 0 Å². The SMILES string of the molecule is NC(=O)c1ccc(COc2ccc(C3SCCS3)cc2)cc1. The van der Waals surface area contributed by atoms with Crippen molar-refractivity contribution in [3.8, 4) is 5.75 Å². The average Bonchev–Trinajstić information content (AvgIpc) is 3.08. The van der Waals surface area contributed by atoms with Crippen molar-refractivity contribution in [1.82, 2.24) is 0 Å². The van der Waals surface area contributed by atoms with Crippen molar-refractivity contribution in [2.45, 2.75) is 11.2 Å². The first-order valence-corrected chi connectivity index (χ1v) is 9.17. The molecule has 0 aromatic heterocycles. The summed E-state index contributed by atoms with van der Waals surface area (Å²) in [6.07, 6.45) is 0. The van der Waals surface area contributed by atoms with Crippen LogP contribution in [0.4, 0.5) is 0 Å². The summed E-state index contributed by atoms with van der Waals surface area (Å²) >= 11 is 4.00. The van der Waals surface area contributed by atoms with Gasteiger partial charge in [0.25, 0.3) is 0 Å². The third kappa shape index (κ3) is 3.78. The van der Waals surface area contributed by atoms with Crippen LogP contribution in [0.15, 0.2) is 48.5 Å². The van der Waals surface area contributed by atoms with Crippen LogP contribution in [-0.2, 0) is 6.61 Å². The Kier molecular flexibility index (Phi) is 4.95. The number of carbonyl (C=O) groups is 1. The molecule has 3 rings (SSSR count). The molecule has 0 saturated carbocycles. The number of hydrogen-bond acceptors (Lipinski definition) is 4. The quantitative estimate of drug-likeness (QED) is 0.904. The van der Waals surface area contributed by atoms with Crippen molar-refractivity contribution < 1.29 is 9.53 Å². The van der Waals surface area contributed by atoms with Gasteiger partial charge in [-0.1, -0.05) is 24.3 Å². The van der Waals surface area contributed by atoms with Crippen molar-refractivity contribution in [2.24, 2.45) is 5.73 Å². The molecule has 1 fully saturated rings. The number of nitrogens with two attached hydrogens (primary N) is 1. The van der Waals surface area contributed by atoms with Crippen LogP contribution in [0.3, 0.4) is 0 Å². The zero-order valence-corrected chi connectivity index (χ0v) is 13.7. The van der Waals surface area contributed by atoms with E-state index in [1.165, 1.54) is 17.1 Å². The third-order valence-corrected chi connectivity index (χ3v) is 6.52. The van der Waals surface area contributed by atoms with E-state index in [1.807, 2.05) is 47.8 Å². The molecule has 0 aliphatic carbocycles. The Morgan fingerprint density at radius 3 is 2.27 bits per heavy atom. The number of thioether (sulfide) groups is 2. The second-order valence-electron chi connectivity index (χ2n) is 4.99. The number of amides is 1. The molecule has 1 saturated heterocycles. The van der Waals surface area contributed by atoms with E-state index >= 15 is 0 Å². The monoisotopic (exact) mass is 331 g/mol. The molecule has 1 heterocycles. The van der Waals surface area contributed by atoms with E-state index in [0.717, 1.165) is 11.3 Å². The Morgan fingerprint density at radius 2 is 1.68 bits per heavy atom. The smallest absolute Gasteiger partial charge is 0.248 e. The fraction of sp³-hybridized carbons (Fsp3) is 0.235. The average molecular weight is 331 g/mol. The molecule has 1 aliphatic rings. The minimum Gasteiger partial charge on any atom is -0.489 e. The van der Waals surface area contributed by atoms with Gasteiger partial charge in [-0.3, -0.25) is 4.79 Å². The van der Waals surface area contributed by atoms with Crippen LogP contribution in [0.5, 0.6) is 5.75 Å². The summed E-state index contributed by atoms with van der Waals surface area (Å²) in [7, 11) is 0. The van der Waals surface area contributed by atoms with Crippen molar-refractivity contribution in [2.75, 3.05) is 11.5 Å². The molecular formula is C17H17NO2S2. The van der Waals surface area contributed by atoms with Crippen molar-refractivity contribution >= 4 is 29.4 Å². The molecule has 114 valence electrons. The van der Waals surface area contributed by atoms with Crippen LogP contribution in [0.1, 0.15) is 26.1 Å². The number of carbonyl (C=O) groups excluding carboxylic acids is 1. The molecule has 2 aromatic carbocycles. The lowest BCUT2D eigenvalue weighted by molar-refractivity contribution is 0.1000. The standard InChI is InChI=1S/C17H17NO2S2/c18-16(19)13-3-1-12(2-4-13)11-20-15-7-5-14(6-8-15)17-21-9-10-22-17/h1-8,17H,9-11H2,(H2,18,19). The van der Waals surface area contributed by atoms with E-state index in [1.54, 1.807) is 12.1 Å². The van der Waals surface area contributed by atoms with Gasteiger partial charge in [-0.15, -0.1) is 23.5 Å². The van der Waals surface area contributed by atoms with Crippen molar-refractivity contribution in [1.29, 1.82) is 0 Å². The molecule has 1 aliphatic heterocycles. The molecule has 2 aromatic rings. The Morgan fingerprint density at radius 1 is 1.05 bits per heavy atom. The van der Waals surface area contributed by atoms with Crippen LogP contribution in [0, 0.1) is 0 Å². The Labute approximate surface area is 138 Å². The van der Waals surface area contributed by atoms with Crippen LogP contribution >= 0.6 is 23.5 Å². The lowest BCUT2D eigenvalue weighted by Crippen LogP contribution is -2.10. The lowest BCUT2D eigenvalue weighted by atomic mass is 10.1.